The summed E-state index contributed by atoms with van der Waals surface area (Å²) in [5.41, 5.74) is 0. The van der Waals surface area contributed by atoms with Crippen molar-refractivity contribution in [1.82, 2.24) is 9.80 Å². The smallest absolute Gasteiger partial charge is 0.260 e. The van der Waals surface area contributed by atoms with Crippen LogP contribution in [0.3, 0.4) is 0 Å². The Morgan fingerprint density at radius 2 is 1.72 bits per heavy atom. The van der Waals surface area contributed by atoms with Crippen LogP contribution in [0, 0.1) is 11.7 Å². The van der Waals surface area contributed by atoms with Crippen molar-refractivity contribution < 1.29 is 18.7 Å². The number of hydrogen-bond acceptors (Lipinski definition) is 3. The topological polar surface area (TPSA) is 49.9 Å². The summed E-state index contributed by atoms with van der Waals surface area (Å²) >= 11 is 0. The lowest BCUT2D eigenvalue weighted by molar-refractivity contribution is -0.143. The molecule has 1 saturated carbocycles. The van der Waals surface area contributed by atoms with E-state index >= 15 is 0 Å². The summed E-state index contributed by atoms with van der Waals surface area (Å²) in [5.74, 6) is 0.253. The molecule has 1 aliphatic heterocycles. The van der Waals surface area contributed by atoms with Crippen LogP contribution in [0.4, 0.5) is 4.39 Å². The second-order valence-corrected chi connectivity index (χ2v) is 6.79. The van der Waals surface area contributed by atoms with Crippen LogP contribution in [0.5, 0.6) is 5.75 Å². The van der Waals surface area contributed by atoms with Crippen LogP contribution in [-0.4, -0.2) is 54.4 Å². The Kier molecular flexibility index (Phi) is 5.89. The molecule has 0 bridgehead atoms. The summed E-state index contributed by atoms with van der Waals surface area (Å²) in [4.78, 5) is 28.4. The lowest BCUT2D eigenvalue weighted by atomic mass is 9.88. The molecule has 0 radical (unpaired) electrons. The second kappa shape index (κ2) is 8.32. The van der Waals surface area contributed by atoms with E-state index in [1.807, 2.05) is 4.90 Å². The molecule has 6 heteroatoms. The van der Waals surface area contributed by atoms with Crippen LogP contribution in [0.25, 0.3) is 0 Å². The summed E-state index contributed by atoms with van der Waals surface area (Å²) in [6.07, 6.45) is 5.52. The fourth-order valence-electron chi connectivity index (χ4n) is 3.58. The molecule has 136 valence electrons. The Hall–Kier alpha value is -2.11. The van der Waals surface area contributed by atoms with E-state index in [1.54, 1.807) is 17.0 Å². The van der Waals surface area contributed by atoms with Gasteiger partial charge < -0.3 is 14.5 Å². The largest absolute Gasteiger partial charge is 0.484 e. The van der Waals surface area contributed by atoms with Crippen LogP contribution in [0.15, 0.2) is 24.3 Å². The minimum Gasteiger partial charge on any atom is -0.484 e. The summed E-state index contributed by atoms with van der Waals surface area (Å²) in [6, 6.07) is 5.76. The van der Waals surface area contributed by atoms with E-state index in [-0.39, 0.29) is 30.2 Å². The molecule has 0 spiro atoms. The van der Waals surface area contributed by atoms with Gasteiger partial charge in [0.1, 0.15) is 11.6 Å². The predicted molar refractivity (Wildman–Crippen MR) is 91.6 cm³/mol. The zero-order chi connectivity index (χ0) is 17.6. The molecule has 2 amide bonds. The van der Waals surface area contributed by atoms with Gasteiger partial charge in [-0.05, 0) is 25.0 Å². The van der Waals surface area contributed by atoms with Gasteiger partial charge in [0.05, 0.1) is 0 Å². The van der Waals surface area contributed by atoms with Crippen molar-refractivity contribution in [2.45, 2.75) is 32.1 Å². The van der Waals surface area contributed by atoms with E-state index < -0.39 is 0 Å². The molecule has 1 saturated heterocycles. The number of benzene rings is 1. The zero-order valence-electron chi connectivity index (χ0n) is 14.5. The van der Waals surface area contributed by atoms with Gasteiger partial charge in [-0.3, -0.25) is 9.59 Å². The zero-order valence-corrected chi connectivity index (χ0v) is 14.5. The van der Waals surface area contributed by atoms with Gasteiger partial charge in [0, 0.05) is 38.2 Å². The van der Waals surface area contributed by atoms with E-state index in [1.165, 1.54) is 18.6 Å². The molecule has 0 N–H and O–H groups in total. The maximum atomic E-state index is 13.1. The fraction of sp³-hybridized carbons (Fsp3) is 0.579. The van der Waals surface area contributed by atoms with Gasteiger partial charge in [-0.1, -0.05) is 25.3 Å². The normalized spacial score (nSPS) is 18.9. The monoisotopic (exact) mass is 348 g/mol. The average Bonchev–Trinajstić information content (AvgIpc) is 2.66. The Bertz CT molecular complexity index is 608. The van der Waals surface area contributed by atoms with Crippen molar-refractivity contribution >= 4 is 11.8 Å². The molecule has 3 rings (SSSR count). The molecule has 1 aromatic carbocycles. The maximum Gasteiger partial charge on any atom is 0.260 e. The van der Waals surface area contributed by atoms with Gasteiger partial charge in [0.25, 0.3) is 5.91 Å². The predicted octanol–water partition coefficient (Wildman–Crippen LogP) is 2.46. The minimum absolute atomic E-state index is 0.111. The van der Waals surface area contributed by atoms with Gasteiger partial charge in [-0.25, -0.2) is 4.39 Å². The fourth-order valence-corrected chi connectivity index (χ4v) is 3.58. The molecular formula is C19H25FN2O3. The highest BCUT2D eigenvalue weighted by Gasteiger charge is 2.29. The number of nitrogens with zero attached hydrogens (tertiary/aromatic N) is 2. The highest BCUT2D eigenvalue weighted by atomic mass is 19.1. The van der Waals surface area contributed by atoms with Gasteiger partial charge in [0.15, 0.2) is 6.61 Å². The number of ether oxygens (including phenoxy) is 1. The van der Waals surface area contributed by atoms with Crippen LogP contribution in [0.2, 0.25) is 0 Å². The first kappa shape index (κ1) is 17.7. The molecule has 0 atom stereocenters. The third-order valence-electron chi connectivity index (χ3n) is 5.06. The molecular weight excluding hydrogens is 323 g/mol. The van der Waals surface area contributed by atoms with Crippen molar-refractivity contribution in [1.29, 1.82) is 0 Å². The Morgan fingerprint density at radius 1 is 1.04 bits per heavy atom. The van der Waals surface area contributed by atoms with Crippen molar-refractivity contribution in [2.75, 3.05) is 32.8 Å². The highest BCUT2D eigenvalue weighted by molar-refractivity contribution is 5.80. The summed E-state index contributed by atoms with van der Waals surface area (Å²) in [7, 11) is 0. The second-order valence-electron chi connectivity index (χ2n) is 6.79. The SMILES string of the molecule is O=C(COc1cccc(F)c1)N1CCN(C(=O)C2CCCCC2)CC1. The Balaban J connectivity index is 1.43. The van der Waals surface area contributed by atoms with E-state index in [2.05, 4.69) is 0 Å². The molecule has 5 nitrogen and oxygen atoms in total. The molecule has 0 aromatic heterocycles. The molecule has 2 aliphatic rings. The van der Waals surface area contributed by atoms with Gasteiger partial charge >= 0.3 is 0 Å². The summed E-state index contributed by atoms with van der Waals surface area (Å²) in [6.45, 7) is 2.12. The average molecular weight is 348 g/mol. The molecule has 1 aromatic rings. The number of carbonyl (C=O) groups excluding carboxylic acids is 2. The van der Waals surface area contributed by atoms with Crippen LogP contribution >= 0.6 is 0 Å². The van der Waals surface area contributed by atoms with E-state index in [0.717, 1.165) is 25.7 Å². The summed E-state index contributed by atoms with van der Waals surface area (Å²) in [5, 5.41) is 0. The van der Waals surface area contributed by atoms with Crippen LogP contribution < -0.4 is 4.74 Å². The van der Waals surface area contributed by atoms with Crippen molar-refractivity contribution in [2.24, 2.45) is 5.92 Å². The third-order valence-corrected chi connectivity index (χ3v) is 5.06. The van der Waals surface area contributed by atoms with E-state index in [4.69, 9.17) is 4.74 Å². The summed E-state index contributed by atoms with van der Waals surface area (Å²) < 4.78 is 18.5. The van der Waals surface area contributed by atoms with Crippen molar-refractivity contribution in [3.8, 4) is 5.75 Å². The first-order valence-corrected chi connectivity index (χ1v) is 9.08. The first-order chi connectivity index (χ1) is 12.1. The molecule has 1 aliphatic carbocycles. The minimum atomic E-state index is -0.389. The first-order valence-electron chi connectivity index (χ1n) is 9.08. The number of hydrogen-bond donors (Lipinski definition) is 0. The van der Waals surface area contributed by atoms with Gasteiger partial charge in [0.2, 0.25) is 5.91 Å². The van der Waals surface area contributed by atoms with Crippen molar-refractivity contribution in [3.63, 3.8) is 0 Å². The molecule has 25 heavy (non-hydrogen) atoms. The molecule has 1 heterocycles. The van der Waals surface area contributed by atoms with Crippen LogP contribution in [0.1, 0.15) is 32.1 Å². The Morgan fingerprint density at radius 3 is 2.40 bits per heavy atom. The van der Waals surface area contributed by atoms with Gasteiger partial charge in [-0.15, -0.1) is 0 Å². The van der Waals surface area contributed by atoms with E-state index in [0.29, 0.717) is 31.9 Å². The van der Waals surface area contributed by atoms with E-state index in [9.17, 15) is 14.0 Å². The van der Waals surface area contributed by atoms with Crippen molar-refractivity contribution in [3.05, 3.63) is 30.1 Å². The lowest BCUT2D eigenvalue weighted by Crippen LogP contribution is -2.53. The lowest BCUT2D eigenvalue weighted by Gasteiger charge is -2.37. The number of rotatable bonds is 4. The molecule has 2 fully saturated rings. The molecule has 0 unspecified atom stereocenters. The standard InChI is InChI=1S/C19H25FN2O3/c20-16-7-4-8-17(13-16)25-14-18(23)21-9-11-22(12-10-21)19(24)15-5-2-1-3-6-15/h4,7-8,13,15H,1-3,5-6,9-12,14H2. The van der Waals surface area contributed by atoms with Crippen LogP contribution in [-0.2, 0) is 9.59 Å². The number of halogens is 1. The van der Waals surface area contributed by atoms with Gasteiger partial charge in [-0.2, -0.15) is 0 Å². The quantitative estimate of drug-likeness (QED) is 0.840. The number of piperazine rings is 1. The third kappa shape index (κ3) is 4.71. The Labute approximate surface area is 147 Å². The maximum absolute atomic E-state index is 13.1. The highest BCUT2D eigenvalue weighted by Crippen LogP contribution is 2.25. The number of carbonyl (C=O) groups is 2. The number of amides is 2.